The molecule has 2 fully saturated rings. The zero-order valence-corrected chi connectivity index (χ0v) is 20.0. The number of carboxylic acid groups (broad SMARTS) is 1. The molecule has 7 nitrogen and oxygen atoms in total. The fourth-order valence-electron chi connectivity index (χ4n) is 6.30. The lowest BCUT2D eigenvalue weighted by molar-refractivity contribution is -0.158. The van der Waals surface area contributed by atoms with Gasteiger partial charge in [-0.2, -0.15) is 0 Å². The van der Waals surface area contributed by atoms with Crippen LogP contribution < -0.4 is 5.32 Å². The summed E-state index contributed by atoms with van der Waals surface area (Å²) in [6.45, 7) is 2.57. The normalized spacial score (nSPS) is 25.2. The van der Waals surface area contributed by atoms with Crippen LogP contribution in [0.15, 0.2) is 48.5 Å². The molecule has 1 heterocycles. The predicted octanol–water partition coefficient (Wildman–Crippen LogP) is 4.55. The second-order valence-electron chi connectivity index (χ2n) is 9.96. The minimum absolute atomic E-state index is 0.000550. The molecule has 184 valence electrons. The van der Waals surface area contributed by atoms with E-state index in [0.29, 0.717) is 45.1 Å². The number of aliphatic carboxylic acids is 1. The predicted molar refractivity (Wildman–Crippen MR) is 131 cm³/mol. The molecule has 0 radical (unpaired) electrons. The summed E-state index contributed by atoms with van der Waals surface area (Å²) in [6, 6.07) is 16.3. The topological polar surface area (TPSA) is 95.9 Å². The lowest BCUT2D eigenvalue weighted by Crippen LogP contribution is -2.54. The minimum Gasteiger partial charge on any atom is -0.479 e. The smallest absolute Gasteiger partial charge is 0.407 e. The van der Waals surface area contributed by atoms with Crippen molar-refractivity contribution in [2.24, 2.45) is 5.92 Å². The number of nitrogens with one attached hydrogen (secondary N) is 1. The number of nitrogens with zero attached hydrogens (tertiary/aromatic N) is 1. The Morgan fingerprint density at radius 2 is 1.71 bits per heavy atom. The van der Waals surface area contributed by atoms with E-state index in [1.54, 1.807) is 4.90 Å². The summed E-state index contributed by atoms with van der Waals surface area (Å²) in [5, 5.41) is 12.7. The Morgan fingerprint density at radius 3 is 2.34 bits per heavy atom. The number of carbonyl (C=O) groups excluding carboxylic acids is 2. The van der Waals surface area contributed by atoms with E-state index in [1.807, 2.05) is 31.2 Å². The van der Waals surface area contributed by atoms with Gasteiger partial charge in [0.2, 0.25) is 5.91 Å². The summed E-state index contributed by atoms with van der Waals surface area (Å²) < 4.78 is 5.66. The lowest BCUT2D eigenvalue weighted by atomic mass is 9.91. The number of rotatable bonds is 6. The molecule has 1 aliphatic heterocycles. The molecule has 2 aliphatic carbocycles. The van der Waals surface area contributed by atoms with Crippen molar-refractivity contribution in [2.45, 2.75) is 62.9 Å². The third-order valence-electron chi connectivity index (χ3n) is 8.19. The maximum absolute atomic E-state index is 13.2. The van der Waals surface area contributed by atoms with Crippen molar-refractivity contribution in [3.63, 3.8) is 0 Å². The first-order chi connectivity index (χ1) is 16.9. The van der Waals surface area contributed by atoms with Crippen LogP contribution in [-0.4, -0.2) is 52.7 Å². The summed E-state index contributed by atoms with van der Waals surface area (Å²) in [5.74, 6) is -1.28. The van der Waals surface area contributed by atoms with E-state index >= 15 is 0 Å². The molecule has 35 heavy (non-hydrogen) atoms. The van der Waals surface area contributed by atoms with E-state index < -0.39 is 17.6 Å². The summed E-state index contributed by atoms with van der Waals surface area (Å²) in [6.07, 6.45) is 2.98. The molecular formula is C28H32N2O5. The molecule has 2 aromatic rings. The monoisotopic (exact) mass is 476 g/mol. The Hall–Kier alpha value is -3.35. The van der Waals surface area contributed by atoms with E-state index in [-0.39, 0.29) is 30.4 Å². The average molecular weight is 477 g/mol. The van der Waals surface area contributed by atoms with Crippen LogP contribution in [0.4, 0.5) is 4.79 Å². The van der Waals surface area contributed by atoms with Crippen molar-refractivity contribution in [3.8, 4) is 11.1 Å². The van der Waals surface area contributed by atoms with Gasteiger partial charge in [-0.1, -0.05) is 55.5 Å². The highest BCUT2D eigenvalue weighted by Gasteiger charge is 2.50. The zero-order chi connectivity index (χ0) is 24.6. The first-order valence-corrected chi connectivity index (χ1v) is 12.6. The van der Waals surface area contributed by atoms with Gasteiger partial charge in [0.05, 0.1) is 0 Å². The molecular weight excluding hydrogens is 444 g/mol. The van der Waals surface area contributed by atoms with Gasteiger partial charge in [0.25, 0.3) is 0 Å². The fourth-order valence-corrected chi connectivity index (χ4v) is 6.30. The highest BCUT2D eigenvalue weighted by atomic mass is 16.5. The number of fused-ring (bicyclic) bond motifs is 3. The molecule has 2 amide bonds. The van der Waals surface area contributed by atoms with Gasteiger partial charge >= 0.3 is 12.1 Å². The van der Waals surface area contributed by atoms with Crippen molar-refractivity contribution >= 4 is 18.0 Å². The van der Waals surface area contributed by atoms with Crippen LogP contribution in [0.3, 0.4) is 0 Å². The Kier molecular flexibility index (Phi) is 6.26. The minimum atomic E-state index is -1.09. The lowest BCUT2D eigenvalue weighted by Gasteiger charge is -2.35. The number of alkyl carbamates (subject to hydrolysis) is 1. The number of hydrogen-bond donors (Lipinski definition) is 2. The Labute approximate surface area is 205 Å². The maximum Gasteiger partial charge on any atom is 0.407 e. The van der Waals surface area contributed by atoms with Crippen LogP contribution in [0.2, 0.25) is 0 Å². The SMILES string of the molecule is CCC1(C(=O)O)CCCN1C(=O)[C@@H]1CC[C@H](NC(=O)OCC2c3ccccc3-c3ccccc32)C1. The third kappa shape index (κ3) is 4.07. The summed E-state index contributed by atoms with van der Waals surface area (Å²) in [7, 11) is 0. The molecule has 1 unspecified atom stereocenters. The van der Waals surface area contributed by atoms with Crippen molar-refractivity contribution in [1.29, 1.82) is 0 Å². The van der Waals surface area contributed by atoms with Gasteiger partial charge in [0.15, 0.2) is 0 Å². The second kappa shape index (κ2) is 9.36. The van der Waals surface area contributed by atoms with E-state index in [2.05, 4.69) is 29.6 Å². The van der Waals surface area contributed by atoms with Crippen molar-refractivity contribution in [2.75, 3.05) is 13.2 Å². The van der Waals surface area contributed by atoms with Crippen LogP contribution in [-0.2, 0) is 14.3 Å². The van der Waals surface area contributed by atoms with Crippen molar-refractivity contribution in [3.05, 3.63) is 59.7 Å². The number of benzene rings is 2. The number of amides is 2. The average Bonchev–Trinajstić information content (AvgIpc) is 3.59. The number of likely N-dealkylation sites (tertiary alicyclic amines) is 1. The van der Waals surface area contributed by atoms with Gasteiger partial charge in [0, 0.05) is 24.4 Å². The number of ether oxygens (including phenoxy) is 1. The van der Waals surface area contributed by atoms with Gasteiger partial charge in [-0.15, -0.1) is 0 Å². The number of carbonyl (C=O) groups is 3. The number of carboxylic acids is 1. The first-order valence-electron chi connectivity index (χ1n) is 12.6. The Bertz CT molecular complexity index is 1100. The molecule has 1 saturated heterocycles. The van der Waals surface area contributed by atoms with Gasteiger partial charge in [0.1, 0.15) is 12.1 Å². The molecule has 3 atom stereocenters. The van der Waals surface area contributed by atoms with Crippen LogP contribution in [0.25, 0.3) is 11.1 Å². The van der Waals surface area contributed by atoms with Crippen molar-refractivity contribution < 1.29 is 24.2 Å². The summed E-state index contributed by atoms with van der Waals surface area (Å²) in [5.41, 5.74) is 3.60. The Balaban J connectivity index is 1.17. The molecule has 2 aromatic carbocycles. The van der Waals surface area contributed by atoms with E-state index in [1.165, 1.54) is 11.1 Å². The highest BCUT2D eigenvalue weighted by molar-refractivity contribution is 5.89. The summed E-state index contributed by atoms with van der Waals surface area (Å²) >= 11 is 0. The van der Waals surface area contributed by atoms with Crippen LogP contribution in [0.1, 0.15) is 62.5 Å². The quantitative estimate of drug-likeness (QED) is 0.638. The third-order valence-corrected chi connectivity index (χ3v) is 8.19. The van der Waals surface area contributed by atoms with E-state index in [4.69, 9.17) is 4.74 Å². The zero-order valence-electron chi connectivity index (χ0n) is 20.0. The van der Waals surface area contributed by atoms with Gasteiger partial charge in [-0.25, -0.2) is 9.59 Å². The molecule has 0 spiro atoms. The van der Waals surface area contributed by atoms with Gasteiger partial charge in [-0.3, -0.25) is 4.79 Å². The molecule has 3 aliphatic rings. The molecule has 0 aromatic heterocycles. The maximum atomic E-state index is 13.2. The molecule has 0 bridgehead atoms. The first kappa shape index (κ1) is 23.4. The van der Waals surface area contributed by atoms with Gasteiger partial charge < -0.3 is 20.1 Å². The molecule has 5 rings (SSSR count). The van der Waals surface area contributed by atoms with Crippen LogP contribution in [0, 0.1) is 5.92 Å². The number of hydrogen-bond acceptors (Lipinski definition) is 4. The summed E-state index contributed by atoms with van der Waals surface area (Å²) in [4.78, 5) is 39.4. The highest BCUT2D eigenvalue weighted by Crippen LogP contribution is 2.44. The standard InChI is InChI=1S/C28H32N2O5/c1-2-28(26(32)33)14-7-15-30(28)25(31)18-12-13-19(16-18)29-27(34)35-17-24-22-10-5-3-8-20(22)21-9-4-6-11-23(21)24/h3-6,8-11,18-19,24H,2,7,12-17H2,1H3,(H,29,34)(H,32,33)/t18-,19+,28?/m1/s1. The largest absolute Gasteiger partial charge is 0.479 e. The van der Waals surface area contributed by atoms with E-state index in [0.717, 1.165) is 11.1 Å². The Morgan fingerprint density at radius 1 is 1.06 bits per heavy atom. The van der Waals surface area contributed by atoms with Crippen molar-refractivity contribution in [1.82, 2.24) is 10.2 Å². The molecule has 1 saturated carbocycles. The van der Waals surface area contributed by atoms with Crippen LogP contribution in [0.5, 0.6) is 0 Å². The fraction of sp³-hybridized carbons (Fsp3) is 0.464. The molecule has 2 N–H and O–H groups in total. The molecule has 7 heteroatoms. The van der Waals surface area contributed by atoms with Gasteiger partial charge in [-0.05, 0) is 60.8 Å². The second-order valence-corrected chi connectivity index (χ2v) is 9.96. The van der Waals surface area contributed by atoms with Crippen LogP contribution >= 0.6 is 0 Å². The van der Waals surface area contributed by atoms with E-state index in [9.17, 15) is 19.5 Å².